The molecule has 0 aliphatic heterocycles. The second kappa shape index (κ2) is 6.55. The second-order valence-corrected chi connectivity index (χ2v) is 4.81. The summed E-state index contributed by atoms with van der Waals surface area (Å²) in [5.74, 6) is -0.0874. The van der Waals surface area contributed by atoms with Gasteiger partial charge in [0, 0.05) is 5.56 Å². The SMILES string of the molecule is C=C(C)c1cc(C(N)=O)ncc1OCc1cccc(C#N)c1. The molecule has 0 saturated heterocycles. The van der Waals surface area contributed by atoms with Crippen LogP contribution in [0.15, 0.2) is 43.1 Å². The maximum atomic E-state index is 11.2. The van der Waals surface area contributed by atoms with E-state index in [1.807, 2.05) is 13.0 Å². The van der Waals surface area contributed by atoms with E-state index in [4.69, 9.17) is 15.7 Å². The molecule has 0 unspecified atom stereocenters. The number of primary amides is 1. The molecule has 1 amide bonds. The van der Waals surface area contributed by atoms with Crippen molar-refractivity contribution >= 4 is 11.5 Å². The first-order valence-electron chi connectivity index (χ1n) is 6.59. The molecule has 0 aliphatic rings. The van der Waals surface area contributed by atoms with Crippen LogP contribution in [0.3, 0.4) is 0 Å². The van der Waals surface area contributed by atoms with Crippen LogP contribution in [0.5, 0.6) is 5.75 Å². The van der Waals surface area contributed by atoms with Crippen molar-refractivity contribution in [3.8, 4) is 11.8 Å². The van der Waals surface area contributed by atoms with Gasteiger partial charge in [0.15, 0.2) is 0 Å². The van der Waals surface area contributed by atoms with Crippen LogP contribution in [0.2, 0.25) is 0 Å². The molecule has 1 aromatic carbocycles. The summed E-state index contributed by atoms with van der Waals surface area (Å²) in [5.41, 5.74) is 8.25. The standard InChI is InChI=1S/C17H15N3O2/c1-11(2)14-7-15(17(19)21)20-9-16(14)22-10-13-5-3-4-12(6-13)8-18/h3-7,9H,1,10H2,2H3,(H2,19,21). The highest BCUT2D eigenvalue weighted by molar-refractivity contribution is 5.92. The average Bonchev–Trinajstić information content (AvgIpc) is 2.52. The highest BCUT2D eigenvalue weighted by Crippen LogP contribution is 2.25. The van der Waals surface area contributed by atoms with E-state index in [1.54, 1.807) is 24.3 Å². The molecule has 0 spiro atoms. The van der Waals surface area contributed by atoms with Crippen molar-refractivity contribution in [1.29, 1.82) is 5.26 Å². The van der Waals surface area contributed by atoms with E-state index in [-0.39, 0.29) is 12.3 Å². The second-order valence-electron chi connectivity index (χ2n) is 4.81. The molecule has 22 heavy (non-hydrogen) atoms. The van der Waals surface area contributed by atoms with Gasteiger partial charge in [0.2, 0.25) is 0 Å². The zero-order valence-electron chi connectivity index (χ0n) is 12.2. The molecule has 2 N–H and O–H groups in total. The highest BCUT2D eigenvalue weighted by atomic mass is 16.5. The number of nitrogens with two attached hydrogens (primary N) is 1. The fourth-order valence-corrected chi connectivity index (χ4v) is 1.92. The van der Waals surface area contributed by atoms with E-state index in [9.17, 15) is 4.79 Å². The first-order valence-corrected chi connectivity index (χ1v) is 6.59. The molecule has 1 heterocycles. The lowest BCUT2D eigenvalue weighted by atomic mass is 10.1. The van der Waals surface area contributed by atoms with E-state index < -0.39 is 5.91 Å². The Kier molecular flexibility index (Phi) is 4.54. The molecule has 1 aromatic heterocycles. The minimum atomic E-state index is -0.601. The highest BCUT2D eigenvalue weighted by Gasteiger charge is 2.11. The molecule has 2 aromatic rings. The molecule has 0 bridgehead atoms. The molecule has 0 fully saturated rings. The number of nitrogens with zero attached hydrogens (tertiary/aromatic N) is 2. The molecule has 0 aliphatic carbocycles. The maximum Gasteiger partial charge on any atom is 0.267 e. The number of carbonyl (C=O) groups excluding carboxylic acids is 1. The largest absolute Gasteiger partial charge is 0.487 e. The Morgan fingerprint density at radius 2 is 2.23 bits per heavy atom. The summed E-state index contributed by atoms with van der Waals surface area (Å²) in [6.07, 6.45) is 1.46. The van der Waals surface area contributed by atoms with Crippen molar-refractivity contribution in [3.63, 3.8) is 0 Å². The number of pyridine rings is 1. The first kappa shape index (κ1) is 15.3. The Hall–Kier alpha value is -3.13. The molecular weight excluding hydrogens is 278 g/mol. The number of aromatic nitrogens is 1. The predicted molar refractivity (Wildman–Crippen MR) is 83.0 cm³/mol. The Balaban J connectivity index is 2.24. The number of hydrogen-bond acceptors (Lipinski definition) is 4. The lowest BCUT2D eigenvalue weighted by Gasteiger charge is -2.12. The van der Waals surface area contributed by atoms with Gasteiger partial charge in [-0.3, -0.25) is 4.79 Å². The minimum absolute atomic E-state index is 0.164. The van der Waals surface area contributed by atoms with E-state index in [2.05, 4.69) is 17.6 Å². The van der Waals surface area contributed by atoms with Crippen molar-refractivity contribution in [1.82, 2.24) is 4.98 Å². The van der Waals surface area contributed by atoms with Gasteiger partial charge in [-0.25, -0.2) is 4.98 Å². The maximum absolute atomic E-state index is 11.2. The lowest BCUT2D eigenvalue weighted by Crippen LogP contribution is -2.13. The molecule has 110 valence electrons. The number of hydrogen-bond donors (Lipinski definition) is 1. The third kappa shape index (κ3) is 3.49. The predicted octanol–water partition coefficient (Wildman–Crippen LogP) is 2.66. The van der Waals surface area contributed by atoms with Crippen LogP contribution >= 0.6 is 0 Å². The molecule has 5 heteroatoms. The smallest absolute Gasteiger partial charge is 0.267 e. The number of nitriles is 1. The van der Waals surface area contributed by atoms with E-state index in [0.717, 1.165) is 11.1 Å². The first-order chi connectivity index (χ1) is 10.5. The van der Waals surface area contributed by atoms with Gasteiger partial charge in [0.05, 0.1) is 17.8 Å². The van der Waals surface area contributed by atoms with Crippen LogP contribution in [0.1, 0.15) is 34.1 Å². The van der Waals surface area contributed by atoms with Gasteiger partial charge in [-0.1, -0.05) is 18.7 Å². The minimum Gasteiger partial charge on any atom is -0.487 e. The van der Waals surface area contributed by atoms with Crippen LogP contribution < -0.4 is 10.5 Å². The monoisotopic (exact) mass is 293 g/mol. The summed E-state index contributed by atoms with van der Waals surface area (Å²) in [6, 6.07) is 10.8. The zero-order valence-corrected chi connectivity index (χ0v) is 12.2. The van der Waals surface area contributed by atoms with E-state index >= 15 is 0 Å². The molecular formula is C17H15N3O2. The fourth-order valence-electron chi connectivity index (χ4n) is 1.92. The van der Waals surface area contributed by atoms with Crippen LogP contribution in [-0.4, -0.2) is 10.9 Å². The molecule has 0 radical (unpaired) electrons. The summed E-state index contributed by atoms with van der Waals surface area (Å²) in [4.78, 5) is 15.2. The van der Waals surface area contributed by atoms with Crippen molar-refractivity contribution in [2.75, 3.05) is 0 Å². The number of allylic oxidation sites excluding steroid dienone is 1. The summed E-state index contributed by atoms with van der Waals surface area (Å²) in [7, 11) is 0. The van der Waals surface area contributed by atoms with Gasteiger partial charge in [-0.2, -0.15) is 5.26 Å². The third-order valence-electron chi connectivity index (χ3n) is 3.03. The normalized spacial score (nSPS) is 9.82. The third-order valence-corrected chi connectivity index (χ3v) is 3.03. The van der Waals surface area contributed by atoms with Crippen LogP contribution in [0.25, 0.3) is 5.57 Å². The van der Waals surface area contributed by atoms with Crippen molar-refractivity contribution in [2.45, 2.75) is 13.5 Å². The Morgan fingerprint density at radius 3 is 2.86 bits per heavy atom. The fraction of sp³-hybridized carbons (Fsp3) is 0.118. The number of amides is 1. The van der Waals surface area contributed by atoms with Gasteiger partial charge in [0.1, 0.15) is 18.1 Å². The Bertz CT molecular complexity index is 776. The average molecular weight is 293 g/mol. The number of rotatable bonds is 5. The summed E-state index contributed by atoms with van der Waals surface area (Å²) >= 11 is 0. The van der Waals surface area contributed by atoms with Crippen LogP contribution in [0.4, 0.5) is 0 Å². The lowest BCUT2D eigenvalue weighted by molar-refractivity contribution is 0.0995. The summed E-state index contributed by atoms with van der Waals surface area (Å²) < 4.78 is 5.73. The van der Waals surface area contributed by atoms with E-state index in [1.165, 1.54) is 6.20 Å². The molecule has 5 nitrogen and oxygen atoms in total. The van der Waals surface area contributed by atoms with Crippen LogP contribution in [0, 0.1) is 11.3 Å². The summed E-state index contributed by atoms with van der Waals surface area (Å²) in [6.45, 7) is 5.96. The van der Waals surface area contributed by atoms with Crippen molar-refractivity contribution < 1.29 is 9.53 Å². The summed E-state index contributed by atoms with van der Waals surface area (Å²) in [5, 5.41) is 8.89. The quantitative estimate of drug-likeness (QED) is 0.917. The number of ether oxygens (including phenoxy) is 1. The zero-order chi connectivity index (χ0) is 16.1. The van der Waals surface area contributed by atoms with Crippen molar-refractivity contribution in [2.24, 2.45) is 5.73 Å². The molecule has 2 rings (SSSR count). The Morgan fingerprint density at radius 1 is 1.45 bits per heavy atom. The number of benzene rings is 1. The molecule has 0 saturated carbocycles. The topological polar surface area (TPSA) is 89.0 Å². The number of carbonyl (C=O) groups is 1. The van der Waals surface area contributed by atoms with Crippen molar-refractivity contribution in [3.05, 3.63) is 65.5 Å². The van der Waals surface area contributed by atoms with Gasteiger partial charge in [0.25, 0.3) is 5.91 Å². The van der Waals surface area contributed by atoms with E-state index in [0.29, 0.717) is 16.9 Å². The van der Waals surface area contributed by atoms with Gasteiger partial charge < -0.3 is 10.5 Å². The van der Waals surface area contributed by atoms with Gasteiger partial charge in [-0.15, -0.1) is 0 Å². The van der Waals surface area contributed by atoms with Crippen LogP contribution in [-0.2, 0) is 6.61 Å². The van der Waals surface area contributed by atoms with Gasteiger partial charge in [-0.05, 0) is 36.3 Å². The van der Waals surface area contributed by atoms with Gasteiger partial charge >= 0.3 is 0 Å². The molecule has 0 atom stereocenters. The Labute approximate surface area is 128 Å².